The number of piperidine rings is 1. The van der Waals surface area contributed by atoms with Crippen LogP contribution in [0.4, 0.5) is 5.95 Å². The van der Waals surface area contributed by atoms with E-state index in [1.165, 1.54) is 5.56 Å². The summed E-state index contributed by atoms with van der Waals surface area (Å²) in [6.07, 6.45) is 6.53. The van der Waals surface area contributed by atoms with Crippen molar-refractivity contribution in [3.63, 3.8) is 0 Å². The van der Waals surface area contributed by atoms with Crippen LogP contribution in [0.1, 0.15) is 37.3 Å². The fourth-order valence-electron chi connectivity index (χ4n) is 6.25. The topological polar surface area (TPSA) is 69.6 Å². The van der Waals surface area contributed by atoms with Crippen molar-refractivity contribution in [1.82, 2.24) is 19.8 Å². The van der Waals surface area contributed by atoms with Crippen LogP contribution in [0.15, 0.2) is 42.7 Å². The summed E-state index contributed by atoms with van der Waals surface area (Å²) in [6.45, 7) is 8.54. The number of fused-ring (bicyclic) bond motifs is 1. The van der Waals surface area contributed by atoms with Crippen molar-refractivity contribution >= 4 is 17.8 Å². The molecule has 7 nitrogen and oxygen atoms in total. The maximum Gasteiger partial charge on any atom is 0.231 e. The third-order valence-electron chi connectivity index (χ3n) is 8.24. The number of hydrogen-bond donors (Lipinski definition) is 0. The summed E-state index contributed by atoms with van der Waals surface area (Å²) in [6, 6.07) is 10.0. The van der Waals surface area contributed by atoms with Gasteiger partial charge in [-0.25, -0.2) is 9.97 Å². The molecule has 174 valence electrons. The molecule has 2 aromatic rings. The summed E-state index contributed by atoms with van der Waals surface area (Å²) in [5.74, 6) is 1.16. The molecular formula is C26H33N5O2. The Bertz CT molecular complexity index is 1020. The van der Waals surface area contributed by atoms with Gasteiger partial charge in [0.05, 0.1) is 11.8 Å². The Labute approximate surface area is 195 Å². The van der Waals surface area contributed by atoms with Gasteiger partial charge >= 0.3 is 0 Å². The van der Waals surface area contributed by atoms with Gasteiger partial charge in [0.2, 0.25) is 17.8 Å². The molecule has 0 bridgehead atoms. The molecule has 2 spiro atoms. The van der Waals surface area contributed by atoms with Gasteiger partial charge in [0.15, 0.2) is 0 Å². The molecule has 0 unspecified atom stereocenters. The molecule has 5 rings (SSSR count). The van der Waals surface area contributed by atoms with Gasteiger partial charge in [-0.05, 0) is 44.7 Å². The van der Waals surface area contributed by atoms with Crippen molar-refractivity contribution in [3.8, 4) is 0 Å². The highest BCUT2D eigenvalue weighted by molar-refractivity contribution is 5.87. The molecule has 4 heterocycles. The highest BCUT2D eigenvalue weighted by Crippen LogP contribution is 2.58. The standard InChI is InChI=1S/C26H33N5O2/c1-3-29-16-11-26(23(29)33)19-31(24-27-12-4-13-28-24)18-25(26)9-14-30(15-10-25)22(32)17-21-7-5-20(2)6-8-21/h4-8,12-13H,3,9-11,14-19H2,1-2H3/t26-/m0/s1. The molecule has 3 aliphatic heterocycles. The number of anilines is 1. The van der Waals surface area contributed by atoms with Gasteiger partial charge in [-0.15, -0.1) is 0 Å². The number of benzene rings is 1. The van der Waals surface area contributed by atoms with E-state index >= 15 is 0 Å². The normalized spacial score (nSPS) is 24.3. The number of aryl methyl sites for hydroxylation is 1. The zero-order chi connectivity index (χ0) is 23.1. The number of hydrogen-bond acceptors (Lipinski definition) is 5. The predicted molar refractivity (Wildman–Crippen MR) is 127 cm³/mol. The van der Waals surface area contributed by atoms with Gasteiger partial charge in [-0.3, -0.25) is 9.59 Å². The second-order valence-corrected chi connectivity index (χ2v) is 9.95. The van der Waals surface area contributed by atoms with Crippen molar-refractivity contribution in [2.45, 2.75) is 39.5 Å². The van der Waals surface area contributed by atoms with E-state index < -0.39 is 5.41 Å². The highest BCUT2D eigenvalue weighted by Gasteiger charge is 2.65. The molecule has 3 aliphatic rings. The van der Waals surface area contributed by atoms with Crippen molar-refractivity contribution in [3.05, 3.63) is 53.9 Å². The van der Waals surface area contributed by atoms with Gasteiger partial charge in [0, 0.05) is 57.1 Å². The third kappa shape index (κ3) is 3.67. The number of likely N-dealkylation sites (tertiary alicyclic amines) is 2. The Hall–Kier alpha value is -2.96. The quantitative estimate of drug-likeness (QED) is 0.721. The minimum Gasteiger partial charge on any atom is -0.342 e. The smallest absolute Gasteiger partial charge is 0.231 e. The molecule has 2 amide bonds. The molecule has 33 heavy (non-hydrogen) atoms. The molecule has 7 heteroatoms. The summed E-state index contributed by atoms with van der Waals surface area (Å²) in [7, 11) is 0. The van der Waals surface area contributed by atoms with Crippen molar-refractivity contribution < 1.29 is 9.59 Å². The largest absolute Gasteiger partial charge is 0.342 e. The van der Waals surface area contributed by atoms with Crippen LogP contribution in [-0.4, -0.2) is 70.9 Å². The Morgan fingerprint density at radius 2 is 1.70 bits per heavy atom. The number of rotatable bonds is 4. The van der Waals surface area contributed by atoms with E-state index in [4.69, 9.17) is 0 Å². The fourth-order valence-corrected chi connectivity index (χ4v) is 6.25. The molecule has 3 fully saturated rings. The first-order valence-electron chi connectivity index (χ1n) is 12.1. The van der Waals surface area contributed by atoms with Crippen LogP contribution in [0.5, 0.6) is 0 Å². The lowest BCUT2D eigenvalue weighted by Gasteiger charge is -2.46. The van der Waals surface area contributed by atoms with Crippen molar-refractivity contribution in [2.75, 3.05) is 44.2 Å². The van der Waals surface area contributed by atoms with Crippen LogP contribution in [0, 0.1) is 17.8 Å². The first-order chi connectivity index (χ1) is 16.0. The number of carbonyl (C=O) groups is 2. The van der Waals surface area contributed by atoms with Crippen LogP contribution in [0.2, 0.25) is 0 Å². The van der Waals surface area contributed by atoms with Gasteiger partial charge in [0.1, 0.15) is 0 Å². The van der Waals surface area contributed by atoms with E-state index in [1.54, 1.807) is 12.4 Å². The Kier molecular flexibility index (Phi) is 5.59. The summed E-state index contributed by atoms with van der Waals surface area (Å²) in [4.78, 5) is 41.9. The second-order valence-electron chi connectivity index (χ2n) is 9.95. The average Bonchev–Trinajstić information content (AvgIpc) is 3.34. The van der Waals surface area contributed by atoms with Gasteiger partial charge in [-0.1, -0.05) is 29.8 Å². The molecular weight excluding hydrogens is 414 g/mol. The number of carbonyl (C=O) groups excluding carboxylic acids is 2. The first-order valence-corrected chi connectivity index (χ1v) is 12.1. The first kappa shape index (κ1) is 21.9. The fraction of sp³-hybridized carbons (Fsp3) is 0.538. The summed E-state index contributed by atoms with van der Waals surface area (Å²) < 4.78 is 0. The number of aromatic nitrogens is 2. The second kappa shape index (κ2) is 8.43. The van der Waals surface area contributed by atoms with E-state index in [-0.39, 0.29) is 17.2 Å². The van der Waals surface area contributed by atoms with E-state index in [0.717, 1.165) is 44.5 Å². The molecule has 0 aliphatic carbocycles. The van der Waals surface area contributed by atoms with Crippen LogP contribution >= 0.6 is 0 Å². The predicted octanol–water partition coefficient (Wildman–Crippen LogP) is 2.70. The lowest BCUT2D eigenvalue weighted by molar-refractivity contribution is -0.143. The van der Waals surface area contributed by atoms with Gasteiger partial charge < -0.3 is 14.7 Å². The Morgan fingerprint density at radius 1 is 1.00 bits per heavy atom. The van der Waals surface area contributed by atoms with E-state index in [0.29, 0.717) is 32.0 Å². The van der Waals surface area contributed by atoms with Crippen LogP contribution < -0.4 is 4.90 Å². The maximum absolute atomic E-state index is 13.7. The molecule has 0 radical (unpaired) electrons. The van der Waals surface area contributed by atoms with E-state index in [9.17, 15) is 9.59 Å². The third-order valence-corrected chi connectivity index (χ3v) is 8.24. The molecule has 0 saturated carbocycles. The monoisotopic (exact) mass is 447 g/mol. The lowest BCUT2D eigenvalue weighted by atomic mass is 9.60. The molecule has 1 aromatic carbocycles. The molecule has 0 N–H and O–H groups in total. The summed E-state index contributed by atoms with van der Waals surface area (Å²) >= 11 is 0. The van der Waals surface area contributed by atoms with E-state index in [2.05, 4.69) is 40.8 Å². The molecule has 1 atom stereocenters. The van der Waals surface area contributed by atoms with Crippen LogP contribution in [0.3, 0.4) is 0 Å². The van der Waals surface area contributed by atoms with Crippen LogP contribution in [0.25, 0.3) is 0 Å². The maximum atomic E-state index is 13.7. The van der Waals surface area contributed by atoms with E-state index in [1.807, 2.05) is 28.0 Å². The zero-order valence-electron chi connectivity index (χ0n) is 19.7. The van der Waals surface area contributed by atoms with Gasteiger partial charge in [-0.2, -0.15) is 0 Å². The Balaban J connectivity index is 1.35. The number of amides is 2. The number of nitrogens with zero attached hydrogens (tertiary/aromatic N) is 5. The minimum atomic E-state index is -0.408. The highest BCUT2D eigenvalue weighted by atomic mass is 16.2. The Morgan fingerprint density at radius 3 is 2.33 bits per heavy atom. The van der Waals surface area contributed by atoms with Crippen molar-refractivity contribution in [1.29, 1.82) is 0 Å². The lowest BCUT2D eigenvalue weighted by Crippen LogP contribution is -2.53. The molecule has 1 aromatic heterocycles. The van der Waals surface area contributed by atoms with Gasteiger partial charge in [0.25, 0.3) is 0 Å². The van der Waals surface area contributed by atoms with Crippen molar-refractivity contribution in [2.24, 2.45) is 10.8 Å². The minimum absolute atomic E-state index is 0.145. The average molecular weight is 448 g/mol. The zero-order valence-corrected chi connectivity index (χ0v) is 19.7. The molecule has 3 saturated heterocycles. The SMILES string of the molecule is CCN1CC[C@]2(CN(c3ncccn3)CC23CCN(C(=O)Cc2ccc(C)cc2)CC3)C1=O. The van der Waals surface area contributed by atoms with Crippen LogP contribution in [-0.2, 0) is 16.0 Å². The summed E-state index contributed by atoms with van der Waals surface area (Å²) in [5, 5.41) is 0. The summed E-state index contributed by atoms with van der Waals surface area (Å²) in [5.41, 5.74) is 1.70.